The number of hydrogen-bond donors (Lipinski definition) is 3. The van der Waals surface area contributed by atoms with Gasteiger partial charge in [-0.25, -0.2) is 23.5 Å². The van der Waals surface area contributed by atoms with Gasteiger partial charge in [-0.1, -0.05) is 72.8 Å². The Kier molecular flexibility index (Phi) is 7.54. The number of carbonyl (C=O) groups is 1. The van der Waals surface area contributed by atoms with Gasteiger partial charge in [0.15, 0.2) is 11.6 Å². The summed E-state index contributed by atoms with van der Waals surface area (Å²) in [6.07, 6.45) is 2.18. The van der Waals surface area contributed by atoms with Crippen molar-refractivity contribution in [1.82, 2.24) is 9.97 Å². The maximum Gasteiger partial charge on any atom is 0.323 e. The largest absolute Gasteiger partial charge is 0.437 e. The monoisotopic (exact) mass is 561 g/mol. The molecule has 0 saturated carbocycles. The van der Waals surface area contributed by atoms with Gasteiger partial charge in [0.05, 0.1) is 5.39 Å². The van der Waals surface area contributed by atoms with Crippen LogP contribution in [0.4, 0.5) is 30.8 Å². The summed E-state index contributed by atoms with van der Waals surface area (Å²) in [6, 6.07) is 29.9. The molecule has 0 aliphatic carbocycles. The Hall–Kier alpha value is -5.57. The van der Waals surface area contributed by atoms with Crippen LogP contribution in [-0.4, -0.2) is 22.5 Å². The Morgan fingerprint density at radius 1 is 0.738 bits per heavy atom. The molecule has 0 saturated heterocycles. The molecule has 0 bridgehead atoms. The van der Waals surface area contributed by atoms with Gasteiger partial charge in [-0.05, 0) is 41.8 Å². The Morgan fingerprint density at radius 2 is 1.40 bits per heavy atom. The van der Waals surface area contributed by atoms with Crippen LogP contribution >= 0.6 is 0 Å². The number of fused-ring (bicyclic) bond motifs is 1. The lowest BCUT2D eigenvalue weighted by Gasteiger charge is -2.10. The second-order valence-corrected chi connectivity index (χ2v) is 9.52. The van der Waals surface area contributed by atoms with Crippen molar-refractivity contribution in [2.24, 2.45) is 0 Å². The Bertz CT molecular complexity index is 1840. The Labute approximate surface area is 240 Å². The van der Waals surface area contributed by atoms with Crippen LogP contribution in [0.5, 0.6) is 0 Å². The number of nitrogens with zero attached hydrogens (tertiary/aromatic N) is 2. The van der Waals surface area contributed by atoms with E-state index in [0.717, 1.165) is 45.5 Å². The van der Waals surface area contributed by atoms with Gasteiger partial charge in [0.1, 0.15) is 17.9 Å². The zero-order chi connectivity index (χ0) is 28.9. The zero-order valence-corrected chi connectivity index (χ0v) is 22.3. The Balaban J connectivity index is 1.15. The van der Waals surface area contributed by atoms with Gasteiger partial charge in [-0.15, -0.1) is 0 Å². The number of urea groups is 1. The standard InChI is InChI=1S/C33H25F2N5O2/c34-26-16-15-25(19-27(26)35)40-33(41)39-24-13-11-21(12-14-24)17-18-36-31-29-28(22-7-3-1-4-8-22)30(23-9-5-2-6-10-23)42-32(29)38-20-37-31/h1-16,19-20H,17-18H2,(H,36,37,38)(H2,39,40,41). The van der Waals surface area contributed by atoms with E-state index in [-0.39, 0.29) is 5.69 Å². The molecule has 208 valence electrons. The van der Waals surface area contributed by atoms with Gasteiger partial charge in [0, 0.05) is 35.1 Å². The lowest BCUT2D eigenvalue weighted by Crippen LogP contribution is -2.19. The van der Waals surface area contributed by atoms with Crippen molar-refractivity contribution in [3.63, 3.8) is 0 Å². The van der Waals surface area contributed by atoms with Crippen LogP contribution < -0.4 is 16.0 Å². The molecule has 0 unspecified atom stereocenters. The molecule has 0 spiro atoms. The molecule has 3 N–H and O–H groups in total. The van der Waals surface area contributed by atoms with Crippen molar-refractivity contribution >= 4 is 34.3 Å². The molecule has 7 nitrogen and oxygen atoms in total. The molecule has 0 aliphatic heterocycles. The van der Waals surface area contributed by atoms with Crippen LogP contribution in [0.25, 0.3) is 33.6 Å². The normalized spacial score (nSPS) is 10.9. The third-order valence-electron chi connectivity index (χ3n) is 6.68. The van der Waals surface area contributed by atoms with Crippen molar-refractivity contribution < 1.29 is 18.0 Å². The van der Waals surface area contributed by atoms with Crippen LogP contribution in [0.1, 0.15) is 5.56 Å². The predicted octanol–water partition coefficient (Wildman–Crippen LogP) is 8.13. The summed E-state index contributed by atoms with van der Waals surface area (Å²) in [4.78, 5) is 21.2. The number of carbonyl (C=O) groups excluding carboxylic acids is 1. The van der Waals surface area contributed by atoms with E-state index in [0.29, 0.717) is 30.2 Å². The van der Waals surface area contributed by atoms with Crippen LogP contribution in [-0.2, 0) is 6.42 Å². The van der Waals surface area contributed by atoms with E-state index in [2.05, 4.69) is 25.9 Å². The van der Waals surface area contributed by atoms with Gasteiger partial charge >= 0.3 is 6.03 Å². The molecule has 42 heavy (non-hydrogen) atoms. The quantitative estimate of drug-likeness (QED) is 0.174. The number of furan rings is 1. The molecule has 0 fully saturated rings. The van der Waals surface area contributed by atoms with Crippen molar-refractivity contribution in [1.29, 1.82) is 0 Å². The minimum atomic E-state index is -1.03. The minimum Gasteiger partial charge on any atom is -0.437 e. The summed E-state index contributed by atoms with van der Waals surface area (Å²) in [5, 5.41) is 9.42. The third-order valence-corrected chi connectivity index (χ3v) is 6.68. The van der Waals surface area contributed by atoms with Gasteiger partial charge in [0.25, 0.3) is 0 Å². The first-order chi connectivity index (χ1) is 20.5. The molecular weight excluding hydrogens is 536 g/mol. The molecule has 2 amide bonds. The lowest BCUT2D eigenvalue weighted by atomic mass is 9.99. The summed E-state index contributed by atoms with van der Waals surface area (Å²) in [5.74, 6) is -0.600. The van der Waals surface area contributed by atoms with E-state index in [1.807, 2.05) is 72.8 Å². The van der Waals surface area contributed by atoms with Gasteiger partial charge < -0.3 is 20.4 Å². The number of nitrogens with one attached hydrogen (secondary N) is 3. The smallest absolute Gasteiger partial charge is 0.323 e. The molecule has 6 aromatic rings. The average Bonchev–Trinajstić information content (AvgIpc) is 3.41. The highest BCUT2D eigenvalue weighted by Crippen LogP contribution is 2.42. The molecule has 0 aliphatic rings. The van der Waals surface area contributed by atoms with Crippen LogP contribution in [0.3, 0.4) is 0 Å². The first kappa shape index (κ1) is 26.6. The van der Waals surface area contributed by atoms with Gasteiger partial charge in [-0.2, -0.15) is 0 Å². The number of hydrogen-bond acceptors (Lipinski definition) is 5. The van der Waals surface area contributed by atoms with Crippen molar-refractivity contribution in [2.75, 3.05) is 22.5 Å². The van der Waals surface area contributed by atoms with Crippen molar-refractivity contribution in [2.45, 2.75) is 6.42 Å². The van der Waals surface area contributed by atoms with E-state index in [1.165, 1.54) is 12.4 Å². The van der Waals surface area contributed by atoms with E-state index >= 15 is 0 Å². The summed E-state index contributed by atoms with van der Waals surface area (Å²) < 4.78 is 32.8. The van der Waals surface area contributed by atoms with E-state index in [4.69, 9.17) is 4.42 Å². The second-order valence-electron chi connectivity index (χ2n) is 9.52. The SMILES string of the molecule is O=C(Nc1ccc(CCNc2ncnc3oc(-c4ccccc4)c(-c4ccccc4)c23)cc1)Nc1ccc(F)c(F)c1. The molecular formula is C33H25F2N5O2. The summed E-state index contributed by atoms with van der Waals surface area (Å²) in [6.45, 7) is 0.593. The first-order valence-corrected chi connectivity index (χ1v) is 13.3. The molecule has 2 aromatic heterocycles. The number of rotatable bonds is 8. The highest BCUT2D eigenvalue weighted by atomic mass is 19.2. The lowest BCUT2D eigenvalue weighted by molar-refractivity contribution is 0.262. The van der Waals surface area contributed by atoms with E-state index < -0.39 is 17.7 Å². The van der Waals surface area contributed by atoms with Crippen LogP contribution in [0.2, 0.25) is 0 Å². The molecule has 2 heterocycles. The molecule has 0 radical (unpaired) electrons. The molecule has 6 rings (SSSR count). The Morgan fingerprint density at radius 3 is 2.12 bits per heavy atom. The van der Waals surface area contributed by atoms with Gasteiger partial charge in [0.2, 0.25) is 5.71 Å². The summed E-state index contributed by atoms with van der Waals surface area (Å²) in [7, 11) is 0. The highest BCUT2D eigenvalue weighted by molar-refractivity contribution is 6.05. The zero-order valence-electron chi connectivity index (χ0n) is 22.3. The average molecular weight is 562 g/mol. The minimum absolute atomic E-state index is 0.150. The number of halogens is 2. The van der Waals surface area contributed by atoms with Crippen molar-refractivity contribution in [3.8, 4) is 22.5 Å². The van der Waals surface area contributed by atoms with Crippen LogP contribution in [0, 0.1) is 11.6 Å². The van der Waals surface area contributed by atoms with Crippen molar-refractivity contribution in [3.05, 3.63) is 127 Å². The third kappa shape index (κ3) is 5.80. The fourth-order valence-corrected chi connectivity index (χ4v) is 4.69. The number of benzene rings is 4. The predicted molar refractivity (Wildman–Crippen MR) is 160 cm³/mol. The molecule has 0 atom stereocenters. The topological polar surface area (TPSA) is 92.1 Å². The van der Waals surface area contributed by atoms with Gasteiger partial charge in [-0.3, -0.25) is 0 Å². The van der Waals surface area contributed by atoms with E-state index in [9.17, 15) is 13.6 Å². The molecule has 9 heteroatoms. The summed E-state index contributed by atoms with van der Waals surface area (Å²) >= 11 is 0. The molecule has 4 aromatic carbocycles. The van der Waals surface area contributed by atoms with E-state index in [1.54, 1.807) is 12.1 Å². The highest BCUT2D eigenvalue weighted by Gasteiger charge is 2.21. The number of amides is 2. The maximum absolute atomic E-state index is 13.4. The number of aromatic nitrogens is 2. The van der Waals surface area contributed by atoms with Crippen LogP contribution in [0.15, 0.2) is 114 Å². The summed E-state index contributed by atoms with van der Waals surface area (Å²) in [5.41, 5.74) is 5.14. The first-order valence-electron chi connectivity index (χ1n) is 13.3. The fourth-order valence-electron chi connectivity index (χ4n) is 4.69. The fraction of sp³-hybridized carbons (Fsp3) is 0.0606. The number of anilines is 3. The maximum atomic E-state index is 13.4. The second kappa shape index (κ2) is 11.9.